The van der Waals surface area contributed by atoms with E-state index in [-0.39, 0.29) is 62.0 Å². The van der Waals surface area contributed by atoms with Gasteiger partial charge in [0, 0.05) is 29.8 Å². The summed E-state index contributed by atoms with van der Waals surface area (Å²) < 4.78 is 0. The van der Waals surface area contributed by atoms with Gasteiger partial charge in [0.1, 0.15) is 24.4 Å². The van der Waals surface area contributed by atoms with Crippen molar-refractivity contribution in [1.82, 2.24) is 21.3 Å². The van der Waals surface area contributed by atoms with Crippen molar-refractivity contribution in [2.75, 3.05) is 19.6 Å². The van der Waals surface area contributed by atoms with Gasteiger partial charge >= 0.3 is 5.97 Å². The molecule has 0 heterocycles. The maximum atomic E-state index is 13.5. The van der Waals surface area contributed by atoms with E-state index in [0.29, 0.717) is 11.1 Å². The first-order chi connectivity index (χ1) is 22.9. The zero-order valence-corrected chi connectivity index (χ0v) is 30.0. The van der Waals surface area contributed by atoms with Crippen LogP contribution >= 0.6 is 0 Å². The van der Waals surface area contributed by atoms with Crippen molar-refractivity contribution < 1.29 is 34.2 Å². The van der Waals surface area contributed by atoms with Gasteiger partial charge in [-0.15, -0.1) is 0 Å². The monoisotopic (exact) mass is 705 g/mol. The summed E-state index contributed by atoms with van der Waals surface area (Å²) in [5.74, 6) is -4.80. The molecule has 0 aliphatic carbocycles. The SMILES string of the molecule is CC(N)(NC(=O)c1cc(C(C)(C)C)c(O)c(C(C)(C)C)c1)C(=O)N[C@@H](CCCN=C(N)N)C(=O)N[C@@H](CCCN=C(N)N)C(=O)NCC(=O)O. The molecule has 0 saturated heterocycles. The average molecular weight is 706 g/mol. The van der Waals surface area contributed by atoms with Gasteiger partial charge < -0.3 is 60.1 Å². The number of hydrogen-bond donors (Lipinski definition) is 11. The topological polar surface area (TPSA) is 329 Å². The summed E-state index contributed by atoms with van der Waals surface area (Å²) >= 11 is 0. The molecule has 50 heavy (non-hydrogen) atoms. The highest BCUT2D eigenvalue weighted by molar-refractivity contribution is 6.00. The molecule has 1 rings (SSSR count). The zero-order valence-electron chi connectivity index (χ0n) is 30.0. The lowest BCUT2D eigenvalue weighted by Crippen LogP contribution is -2.65. The standard InChI is InChI=1S/C32H55N11O7/c1-30(2,3)18-14-17(15-19(23(18)46)31(4,5)6)24(47)43-32(7,37)27(50)42-21(11-9-13-39-29(35)36)26(49)41-20(10-8-12-38-28(33)34)25(48)40-16-22(44)45/h14-15,20-21,46H,8-13,16,37H2,1-7H3,(H,40,48)(H,41,49)(H,42,50)(H,43,47)(H,44,45)(H4,33,34,38)(H4,35,36,39)/t20-,21-,32?/m0/s1. The van der Waals surface area contributed by atoms with Gasteiger partial charge in [-0.1, -0.05) is 41.5 Å². The number of nitrogens with zero attached hydrogens (tertiary/aromatic N) is 2. The molecule has 280 valence electrons. The molecule has 0 bridgehead atoms. The van der Waals surface area contributed by atoms with Crippen molar-refractivity contribution in [3.8, 4) is 5.75 Å². The number of carbonyl (C=O) groups is 5. The van der Waals surface area contributed by atoms with Crippen molar-refractivity contribution >= 4 is 41.5 Å². The molecule has 0 aromatic heterocycles. The largest absolute Gasteiger partial charge is 0.507 e. The fourth-order valence-corrected chi connectivity index (χ4v) is 4.68. The smallest absolute Gasteiger partial charge is 0.322 e. The van der Waals surface area contributed by atoms with Crippen LogP contribution in [0.4, 0.5) is 0 Å². The highest BCUT2D eigenvalue weighted by Crippen LogP contribution is 2.39. The van der Waals surface area contributed by atoms with Crippen LogP contribution in [0.5, 0.6) is 5.75 Å². The third kappa shape index (κ3) is 14.2. The summed E-state index contributed by atoms with van der Waals surface area (Å²) in [7, 11) is 0. The number of carboxylic acids is 1. The molecule has 4 amide bonds. The van der Waals surface area contributed by atoms with Crippen LogP contribution in [0.1, 0.15) is 95.6 Å². The first-order valence-corrected chi connectivity index (χ1v) is 16.1. The van der Waals surface area contributed by atoms with E-state index in [0.717, 1.165) is 0 Å². The number of hydrogen-bond acceptors (Lipinski definition) is 9. The van der Waals surface area contributed by atoms with E-state index in [1.54, 1.807) is 0 Å². The lowest BCUT2D eigenvalue weighted by Gasteiger charge is -2.30. The summed E-state index contributed by atoms with van der Waals surface area (Å²) in [4.78, 5) is 72.2. The molecule has 16 N–H and O–H groups in total. The highest BCUT2D eigenvalue weighted by atomic mass is 16.4. The van der Waals surface area contributed by atoms with E-state index in [2.05, 4.69) is 31.3 Å². The number of carbonyl (C=O) groups excluding carboxylic acids is 4. The molecule has 0 fully saturated rings. The van der Waals surface area contributed by atoms with E-state index in [1.807, 2.05) is 41.5 Å². The van der Waals surface area contributed by atoms with Gasteiger partial charge in [-0.05, 0) is 55.6 Å². The van der Waals surface area contributed by atoms with E-state index in [4.69, 9.17) is 33.8 Å². The number of nitrogens with two attached hydrogens (primary N) is 5. The summed E-state index contributed by atoms with van der Waals surface area (Å²) in [5.41, 5.74) is 25.9. The molecular weight excluding hydrogens is 650 g/mol. The number of amides is 4. The number of phenolic OH excluding ortho intramolecular Hbond substituents is 1. The van der Waals surface area contributed by atoms with Crippen LogP contribution < -0.4 is 49.9 Å². The van der Waals surface area contributed by atoms with Crippen LogP contribution in [-0.2, 0) is 30.0 Å². The second-order valence-corrected chi connectivity index (χ2v) is 14.2. The van der Waals surface area contributed by atoms with E-state index in [9.17, 15) is 29.1 Å². The molecule has 0 radical (unpaired) electrons. The van der Waals surface area contributed by atoms with Crippen molar-refractivity contribution in [3.05, 3.63) is 28.8 Å². The van der Waals surface area contributed by atoms with Crippen molar-refractivity contribution in [2.45, 2.75) is 103 Å². The second kappa shape index (κ2) is 18.0. The summed E-state index contributed by atoms with van der Waals surface area (Å²) in [6.07, 6.45) is 0.455. The maximum Gasteiger partial charge on any atom is 0.322 e. The van der Waals surface area contributed by atoms with E-state index >= 15 is 0 Å². The van der Waals surface area contributed by atoms with Crippen LogP contribution in [0.3, 0.4) is 0 Å². The predicted octanol–water partition coefficient (Wildman–Crippen LogP) is -1.33. The minimum Gasteiger partial charge on any atom is -0.507 e. The number of carboxylic acid groups (broad SMARTS) is 1. The number of nitrogens with one attached hydrogen (secondary N) is 4. The molecule has 0 saturated carbocycles. The fraction of sp³-hybridized carbons (Fsp3) is 0.594. The third-order valence-electron chi connectivity index (χ3n) is 7.39. The Morgan fingerprint density at radius 1 is 0.760 bits per heavy atom. The average Bonchev–Trinajstić information content (AvgIpc) is 2.96. The Kier molecular flexibility index (Phi) is 15.5. The third-order valence-corrected chi connectivity index (χ3v) is 7.39. The molecule has 1 unspecified atom stereocenters. The Balaban J connectivity index is 3.35. The quantitative estimate of drug-likeness (QED) is 0.0389. The van der Waals surface area contributed by atoms with Gasteiger partial charge in [0.05, 0.1) is 0 Å². The van der Waals surface area contributed by atoms with Gasteiger partial charge in [-0.2, -0.15) is 0 Å². The number of aliphatic carboxylic acids is 1. The van der Waals surface area contributed by atoms with Crippen molar-refractivity contribution in [2.24, 2.45) is 38.7 Å². The highest BCUT2D eigenvalue weighted by Gasteiger charge is 2.36. The molecule has 18 nitrogen and oxygen atoms in total. The summed E-state index contributed by atoms with van der Waals surface area (Å²) in [6.45, 7) is 12.1. The number of rotatable bonds is 17. The van der Waals surface area contributed by atoms with Crippen LogP contribution in [0.15, 0.2) is 22.1 Å². The van der Waals surface area contributed by atoms with Crippen LogP contribution in [0, 0.1) is 0 Å². The lowest BCUT2D eigenvalue weighted by atomic mass is 9.78. The molecular formula is C32H55N11O7. The number of aliphatic imine (C=N–C) groups is 2. The first-order valence-electron chi connectivity index (χ1n) is 16.1. The maximum absolute atomic E-state index is 13.5. The zero-order chi connectivity index (χ0) is 38.6. The molecule has 0 aliphatic heterocycles. The Hall–Kier alpha value is -5.13. The Morgan fingerprint density at radius 3 is 1.60 bits per heavy atom. The summed E-state index contributed by atoms with van der Waals surface area (Å²) in [6, 6.07) is 0.561. The molecule has 1 aromatic carbocycles. The predicted molar refractivity (Wildman–Crippen MR) is 190 cm³/mol. The number of phenols is 1. The van der Waals surface area contributed by atoms with Crippen molar-refractivity contribution in [3.63, 3.8) is 0 Å². The number of aromatic hydroxyl groups is 1. The van der Waals surface area contributed by atoms with E-state index < -0.39 is 64.7 Å². The lowest BCUT2D eigenvalue weighted by molar-refractivity contribution is -0.138. The van der Waals surface area contributed by atoms with Crippen LogP contribution in [0.2, 0.25) is 0 Å². The van der Waals surface area contributed by atoms with Gasteiger partial charge in [0.2, 0.25) is 11.8 Å². The van der Waals surface area contributed by atoms with Gasteiger partial charge in [-0.3, -0.25) is 34.0 Å². The molecule has 0 spiro atoms. The Labute approximate surface area is 292 Å². The van der Waals surface area contributed by atoms with Gasteiger partial charge in [-0.25, -0.2) is 0 Å². The second-order valence-electron chi connectivity index (χ2n) is 14.2. The van der Waals surface area contributed by atoms with Crippen molar-refractivity contribution in [1.29, 1.82) is 0 Å². The number of guanidine groups is 2. The molecule has 1 aromatic rings. The minimum absolute atomic E-state index is 0.0162. The van der Waals surface area contributed by atoms with E-state index in [1.165, 1.54) is 19.1 Å². The molecule has 18 heteroatoms. The Morgan fingerprint density at radius 2 is 1.20 bits per heavy atom. The number of benzene rings is 1. The minimum atomic E-state index is -2.05. The van der Waals surface area contributed by atoms with Gasteiger partial charge in [0.15, 0.2) is 17.6 Å². The van der Waals surface area contributed by atoms with Crippen LogP contribution in [-0.4, -0.2) is 89.1 Å². The molecule has 3 atom stereocenters. The van der Waals surface area contributed by atoms with Gasteiger partial charge in [0.25, 0.3) is 11.8 Å². The van der Waals surface area contributed by atoms with Crippen LogP contribution in [0.25, 0.3) is 0 Å². The first kappa shape index (κ1) is 42.9. The molecule has 0 aliphatic rings. The summed E-state index contributed by atoms with van der Waals surface area (Å²) in [5, 5.41) is 29.8. The fourth-order valence-electron chi connectivity index (χ4n) is 4.68. The Bertz CT molecular complexity index is 1420. The normalized spacial score (nSPS) is 13.8.